The van der Waals surface area contributed by atoms with Gasteiger partial charge in [-0.2, -0.15) is 8.78 Å². The van der Waals surface area contributed by atoms with Gasteiger partial charge in [0.2, 0.25) is 0 Å². The number of halogens is 2. The van der Waals surface area contributed by atoms with Crippen LogP contribution in [-0.2, 0) is 0 Å². The highest BCUT2D eigenvalue weighted by Gasteiger charge is 2.42. The lowest BCUT2D eigenvalue weighted by Crippen LogP contribution is -2.30. The van der Waals surface area contributed by atoms with E-state index in [1.165, 1.54) is 0 Å². The van der Waals surface area contributed by atoms with Crippen LogP contribution in [0, 0.1) is 12.5 Å². The molecule has 0 saturated heterocycles. The minimum absolute atomic E-state index is 0.538. The van der Waals surface area contributed by atoms with Crippen LogP contribution in [0.5, 0.6) is 0 Å². The topological polar surface area (TPSA) is 4.36 Å². The average Bonchev–Trinajstić information content (AvgIpc) is 2.31. The highest BCUT2D eigenvalue weighted by Crippen LogP contribution is 2.35. The van der Waals surface area contributed by atoms with E-state index in [1.54, 1.807) is 0 Å². The minimum atomic E-state index is -2.74. The maximum Gasteiger partial charge on any atom is 0.321 e. The van der Waals surface area contributed by atoms with Crippen molar-refractivity contribution < 1.29 is 8.78 Å². The lowest BCUT2D eigenvalue weighted by atomic mass is 9.93. The summed E-state index contributed by atoms with van der Waals surface area (Å²) in [5, 5.41) is 0. The molecule has 0 atom stereocenters. The number of hydrogen-bond donors (Lipinski definition) is 0. The maximum absolute atomic E-state index is 13.3. The summed E-state index contributed by atoms with van der Waals surface area (Å²) in [5.74, 6) is -3.28. The summed E-state index contributed by atoms with van der Waals surface area (Å²) in [6.45, 7) is 5.85. The van der Waals surface area contributed by atoms with Gasteiger partial charge in [0.05, 0.1) is 0 Å². The van der Waals surface area contributed by atoms with E-state index in [0.717, 1.165) is 25.7 Å². The van der Waals surface area contributed by atoms with E-state index in [-0.39, 0.29) is 0 Å². The van der Waals surface area contributed by atoms with Crippen molar-refractivity contribution in [1.29, 1.82) is 0 Å². The lowest BCUT2D eigenvalue weighted by molar-refractivity contribution is -0.0476. The second kappa shape index (κ2) is 4.55. The molecule has 1 saturated carbocycles. The van der Waals surface area contributed by atoms with Gasteiger partial charge in [-0.1, -0.05) is 25.7 Å². The predicted molar refractivity (Wildman–Crippen MR) is 47.6 cm³/mol. The van der Waals surface area contributed by atoms with E-state index in [2.05, 4.69) is 4.85 Å². The van der Waals surface area contributed by atoms with Crippen LogP contribution in [-0.4, -0.2) is 12.5 Å². The summed E-state index contributed by atoms with van der Waals surface area (Å²) in [6, 6.07) is 0. The Balaban J connectivity index is 2.52. The third-order valence-corrected chi connectivity index (χ3v) is 2.74. The standard InChI is InChI=1S/C10H15F2N/c1-13-8-10(11,12)9-6-4-2-3-5-7-9/h9H,2-8H2. The van der Waals surface area contributed by atoms with E-state index in [1.807, 2.05) is 0 Å². The van der Waals surface area contributed by atoms with Crippen molar-refractivity contribution in [2.24, 2.45) is 5.92 Å². The molecule has 1 aliphatic carbocycles. The smallest absolute Gasteiger partial charge is 0.310 e. The minimum Gasteiger partial charge on any atom is -0.310 e. The Hall–Kier alpha value is -0.650. The number of nitrogens with zero attached hydrogens (tertiary/aromatic N) is 1. The van der Waals surface area contributed by atoms with Gasteiger partial charge in [-0.25, -0.2) is 6.57 Å². The van der Waals surface area contributed by atoms with Crippen molar-refractivity contribution in [3.8, 4) is 0 Å². The van der Waals surface area contributed by atoms with Crippen molar-refractivity contribution >= 4 is 0 Å². The van der Waals surface area contributed by atoms with Crippen molar-refractivity contribution in [3.05, 3.63) is 11.4 Å². The molecule has 0 bridgehead atoms. The molecular formula is C10H15F2N. The molecule has 1 aliphatic rings. The van der Waals surface area contributed by atoms with Crippen LogP contribution in [0.3, 0.4) is 0 Å². The predicted octanol–water partition coefficient (Wildman–Crippen LogP) is 3.51. The molecule has 0 amide bonds. The third-order valence-electron chi connectivity index (χ3n) is 2.74. The summed E-state index contributed by atoms with van der Waals surface area (Å²) in [4.78, 5) is 2.81. The van der Waals surface area contributed by atoms with Gasteiger partial charge < -0.3 is 4.85 Å². The Morgan fingerprint density at radius 1 is 1.15 bits per heavy atom. The van der Waals surface area contributed by atoms with Crippen LogP contribution < -0.4 is 0 Å². The van der Waals surface area contributed by atoms with E-state index in [0.29, 0.717) is 12.8 Å². The van der Waals surface area contributed by atoms with Gasteiger partial charge in [-0.15, -0.1) is 0 Å². The molecule has 0 radical (unpaired) electrons. The molecule has 0 spiro atoms. The highest BCUT2D eigenvalue weighted by atomic mass is 19.3. The van der Waals surface area contributed by atoms with Gasteiger partial charge in [-0.3, -0.25) is 0 Å². The molecule has 1 nitrogen and oxygen atoms in total. The lowest BCUT2D eigenvalue weighted by Gasteiger charge is -2.20. The van der Waals surface area contributed by atoms with Gasteiger partial charge >= 0.3 is 5.92 Å². The van der Waals surface area contributed by atoms with Gasteiger partial charge in [0.25, 0.3) is 6.54 Å². The fourth-order valence-electron chi connectivity index (χ4n) is 1.94. The SMILES string of the molecule is [C-]#[N+]CC(F)(F)C1CCCCCC1. The summed E-state index contributed by atoms with van der Waals surface area (Å²) in [7, 11) is 0. The second-order valence-electron chi connectivity index (χ2n) is 3.77. The second-order valence-corrected chi connectivity index (χ2v) is 3.77. The van der Waals surface area contributed by atoms with Gasteiger partial charge in [0.15, 0.2) is 0 Å². The van der Waals surface area contributed by atoms with Gasteiger partial charge in [-0.05, 0) is 12.8 Å². The van der Waals surface area contributed by atoms with Gasteiger partial charge in [0, 0.05) is 5.92 Å². The number of alkyl halides is 2. The van der Waals surface area contributed by atoms with Crippen LogP contribution in [0.4, 0.5) is 8.78 Å². The Morgan fingerprint density at radius 2 is 1.69 bits per heavy atom. The molecule has 0 N–H and O–H groups in total. The van der Waals surface area contributed by atoms with Gasteiger partial charge in [0.1, 0.15) is 0 Å². The molecular weight excluding hydrogens is 172 g/mol. The molecule has 0 aromatic carbocycles. The fraction of sp³-hybridized carbons (Fsp3) is 0.900. The number of rotatable bonds is 2. The van der Waals surface area contributed by atoms with Crippen LogP contribution in [0.15, 0.2) is 0 Å². The Kier molecular flexibility index (Phi) is 3.65. The quantitative estimate of drug-likeness (QED) is 0.460. The third kappa shape index (κ3) is 2.95. The summed E-state index contributed by atoms with van der Waals surface area (Å²) in [5.41, 5.74) is 0. The molecule has 0 aromatic rings. The zero-order chi connectivity index (χ0) is 9.73. The molecule has 13 heavy (non-hydrogen) atoms. The summed E-state index contributed by atoms with van der Waals surface area (Å²) >= 11 is 0. The largest absolute Gasteiger partial charge is 0.321 e. The average molecular weight is 187 g/mol. The van der Waals surface area contributed by atoms with Crippen LogP contribution in [0.2, 0.25) is 0 Å². The van der Waals surface area contributed by atoms with Crippen molar-refractivity contribution in [1.82, 2.24) is 0 Å². The van der Waals surface area contributed by atoms with Crippen LogP contribution >= 0.6 is 0 Å². The first kappa shape index (κ1) is 10.4. The zero-order valence-corrected chi connectivity index (χ0v) is 7.73. The Labute approximate surface area is 78.0 Å². The molecule has 1 fully saturated rings. The van der Waals surface area contributed by atoms with Crippen molar-refractivity contribution in [2.75, 3.05) is 6.54 Å². The van der Waals surface area contributed by atoms with Crippen molar-refractivity contribution in [2.45, 2.75) is 44.4 Å². The monoisotopic (exact) mass is 187 g/mol. The summed E-state index contributed by atoms with van der Waals surface area (Å²) in [6.07, 6.45) is 5.15. The van der Waals surface area contributed by atoms with E-state index in [4.69, 9.17) is 6.57 Å². The first-order valence-corrected chi connectivity index (χ1v) is 4.88. The van der Waals surface area contributed by atoms with Crippen LogP contribution in [0.1, 0.15) is 38.5 Å². The molecule has 1 rings (SSSR count). The Morgan fingerprint density at radius 3 is 2.15 bits per heavy atom. The molecule has 3 heteroatoms. The fourth-order valence-corrected chi connectivity index (χ4v) is 1.94. The number of hydrogen-bond acceptors (Lipinski definition) is 0. The van der Waals surface area contributed by atoms with Crippen LogP contribution in [0.25, 0.3) is 4.85 Å². The normalized spacial score (nSPS) is 20.7. The zero-order valence-electron chi connectivity index (χ0n) is 7.73. The Bertz CT molecular complexity index is 188. The summed E-state index contributed by atoms with van der Waals surface area (Å²) < 4.78 is 26.6. The molecule has 0 unspecified atom stereocenters. The maximum atomic E-state index is 13.3. The van der Waals surface area contributed by atoms with E-state index < -0.39 is 18.4 Å². The van der Waals surface area contributed by atoms with Crippen molar-refractivity contribution in [3.63, 3.8) is 0 Å². The molecule has 0 heterocycles. The van der Waals surface area contributed by atoms with E-state index >= 15 is 0 Å². The van der Waals surface area contributed by atoms with E-state index in [9.17, 15) is 8.78 Å². The first-order chi connectivity index (χ1) is 6.17. The molecule has 0 aromatic heterocycles. The molecule has 74 valence electrons. The first-order valence-electron chi connectivity index (χ1n) is 4.88. The highest BCUT2D eigenvalue weighted by molar-refractivity contribution is 4.85. The molecule has 0 aliphatic heterocycles.